The Balaban J connectivity index is 1.59. The van der Waals surface area contributed by atoms with E-state index in [2.05, 4.69) is 21.6 Å². The molecule has 3 aromatic rings. The molecule has 0 bridgehead atoms. The Bertz CT molecular complexity index is 1150. The van der Waals surface area contributed by atoms with Gasteiger partial charge in [-0.2, -0.15) is 20.4 Å². The van der Waals surface area contributed by atoms with Crippen LogP contribution in [0.25, 0.3) is 0 Å². The number of nitrogens with one attached hydrogen (secondary N) is 1. The van der Waals surface area contributed by atoms with Crippen molar-refractivity contribution in [2.45, 2.75) is 32.2 Å². The lowest BCUT2D eigenvalue weighted by atomic mass is 9.86. The van der Waals surface area contributed by atoms with Gasteiger partial charge in [0.05, 0.1) is 36.2 Å². The van der Waals surface area contributed by atoms with Crippen molar-refractivity contribution in [1.82, 2.24) is 15.0 Å². The molecule has 1 aromatic heterocycles. The summed E-state index contributed by atoms with van der Waals surface area (Å²) in [5.74, 6) is -0.560. The van der Waals surface area contributed by atoms with Gasteiger partial charge in [-0.05, 0) is 42.7 Å². The molecule has 0 radical (unpaired) electrons. The first-order valence-corrected chi connectivity index (χ1v) is 9.20. The number of nitrogens with zero attached hydrogens (tertiary/aromatic N) is 5. The van der Waals surface area contributed by atoms with Gasteiger partial charge in [-0.1, -0.05) is 30.3 Å². The smallest absolute Gasteiger partial charge is 0.230 e. The predicted octanol–water partition coefficient (Wildman–Crippen LogP) is 3.32. The van der Waals surface area contributed by atoms with Crippen LogP contribution in [0, 0.1) is 28.5 Å². The second kappa shape index (κ2) is 8.54. The lowest BCUT2D eigenvalue weighted by Crippen LogP contribution is -2.16. The Labute approximate surface area is 173 Å². The van der Waals surface area contributed by atoms with Crippen molar-refractivity contribution in [1.29, 1.82) is 10.5 Å². The van der Waals surface area contributed by atoms with Gasteiger partial charge in [0.2, 0.25) is 5.91 Å². The molecule has 2 aromatic carbocycles. The number of halogens is 1. The van der Waals surface area contributed by atoms with E-state index in [-0.39, 0.29) is 30.3 Å². The van der Waals surface area contributed by atoms with Gasteiger partial charge in [0, 0.05) is 0 Å². The number of aromatic nitrogens is 3. The summed E-state index contributed by atoms with van der Waals surface area (Å²) in [6.07, 6.45) is 1.57. The summed E-state index contributed by atoms with van der Waals surface area (Å²) in [6.45, 7) is 3.88. The molecule has 0 saturated carbocycles. The third kappa shape index (κ3) is 4.86. The van der Waals surface area contributed by atoms with Crippen LogP contribution in [0.2, 0.25) is 0 Å². The van der Waals surface area contributed by atoms with E-state index in [1.807, 2.05) is 38.1 Å². The minimum atomic E-state index is -0.597. The van der Waals surface area contributed by atoms with Crippen molar-refractivity contribution in [2.24, 2.45) is 0 Å². The second-order valence-electron chi connectivity index (χ2n) is 7.34. The van der Waals surface area contributed by atoms with Crippen molar-refractivity contribution < 1.29 is 9.18 Å². The number of nitriles is 2. The topological polar surface area (TPSA) is 107 Å². The van der Waals surface area contributed by atoms with Gasteiger partial charge < -0.3 is 5.32 Å². The van der Waals surface area contributed by atoms with E-state index >= 15 is 0 Å². The maximum atomic E-state index is 13.7. The van der Waals surface area contributed by atoms with Crippen LogP contribution in [0.3, 0.4) is 0 Å². The molecular formula is C22H19FN6O. The molecule has 0 aliphatic rings. The average molecular weight is 402 g/mol. The fourth-order valence-corrected chi connectivity index (χ4v) is 2.82. The molecule has 7 nitrogen and oxygen atoms in total. The molecule has 0 spiro atoms. The molecule has 150 valence electrons. The maximum Gasteiger partial charge on any atom is 0.230 e. The fraction of sp³-hybridized carbons (Fsp3) is 0.227. The zero-order valence-corrected chi connectivity index (χ0v) is 16.6. The van der Waals surface area contributed by atoms with Gasteiger partial charge in [0.15, 0.2) is 5.82 Å². The number of rotatable bonds is 6. The first-order valence-electron chi connectivity index (χ1n) is 9.20. The molecule has 0 saturated heterocycles. The first-order chi connectivity index (χ1) is 14.3. The Hall–Kier alpha value is -4.04. The van der Waals surface area contributed by atoms with Crippen LogP contribution in [-0.2, 0) is 23.2 Å². The lowest BCUT2D eigenvalue weighted by molar-refractivity contribution is -0.115. The number of carbonyl (C=O) groups is 1. The third-order valence-corrected chi connectivity index (χ3v) is 4.60. The van der Waals surface area contributed by atoms with E-state index < -0.39 is 11.2 Å². The summed E-state index contributed by atoms with van der Waals surface area (Å²) in [5, 5.41) is 28.9. The highest BCUT2D eigenvalue weighted by atomic mass is 19.1. The number of hydrogen-bond acceptors (Lipinski definition) is 5. The monoisotopic (exact) mass is 402 g/mol. The van der Waals surface area contributed by atoms with Crippen LogP contribution < -0.4 is 5.32 Å². The van der Waals surface area contributed by atoms with Crippen LogP contribution in [0.1, 0.15) is 36.1 Å². The van der Waals surface area contributed by atoms with Crippen LogP contribution in [0.5, 0.6) is 0 Å². The van der Waals surface area contributed by atoms with Crippen LogP contribution in [-0.4, -0.2) is 20.9 Å². The van der Waals surface area contributed by atoms with Gasteiger partial charge in [-0.3, -0.25) is 4.79 Å². The SMILES string of the molecule is CC(C)(C#N)c1ccc(CC(=O)Nc2cnn(Cc3ccc(C#N)c(F)c3)n2)cc1. The molecule has 0 unspecified atom stereocenters. The standard InChI is InChI=1S/C22H19FN6O/c1-22(2,14-25)18-7-4-15(5-8-18)10-21(30)27-20-12-26-29(28-20)13-16-3-6-17(11-24)19(23)9-16/h3-9,12H,10,13H2,1-2H3,(H,27,28,30). The molecule has 30 heavy (non-hydrogen) atoms. The number of anilines is 1. The largest absolute Gasteiger partial charge is 0.308 e. The highest BCUT2D eigenvalue weighted by Gasteiger charge is 2.19. The molecule has 8 heteroatoms. The summed E-state index contributed by atoms with van der Waals surface area (Å²) < 4.78 is 13.7. The van der Waals surface area contributed by atoms with Gasteiger partial charge in [-0.25, -0.2) is 4.39 Å². The number of carbonyl (C=O) groups excluding carboxylic acids is 1. The highest BCUT2D eigenvalue weighted by molar-refractivity contribution is 5.91. The third-order valence-electron chi connectivity index (χ3n) is 4.60. The Morgan fingerprint density at radius 3 is 2.50 bits per heavy atom. The first kappa shape index (κ1) is 20.7. The Morgan fingerprint density at radius 2 is 1.87 bits per heavy atom. The highest BCUT2D eigenvalue weighted by Crippen LogP contribution is 2.22. The average Bonchev–Trinajstić information content (AvgIpc) is 3.15. The zero-order chi connectivity index (χ0) is 21.7. The van der Waals surface area contributed by atoms with Crippen molar-refractivity contribution in [3.8, 4) is 12.1 Å². The van der Waals surface area contributed by atoms with Crippen LogP contribution >= 0.6 is 0 Å². The van der Waals surface area contributed by atoms with E-state index in [4.69, 9.17) is 5.26 Å². The second-order valence-corrected chi connectivity index (χ2v) is 7.34. The number of amides is 1. The fourth-order valence-electron chi connectivity index (χ4n) is 2.82. The van der Waals surface area contributed by atoms with Crippen molar-refractivity contribution in [3.05, 3.63) is 76.7 Å². The predicted molar refractivity (Wildman–Crippen MR) is 108 cm³/mol. The van der Waals surface area contributed by atoms with Gasteiger partial charge in [-0.15, -0.1) is 5.10 Å². The molecule has 3 rings (SSSR count). The van der Waals surface area contributed by atoms with Gasteiger partial charge in [0.1, 0.15) is 11.9 Å². The van der Waals surface area contributed by atoms with E-state index in [0.29, 0.717) is 5.56 Å². The maximum absolute atomic E-state index is 13.7. The normalized spacial score (nSPS) is 10.8. The summed E-state index contributed by atoms with van der Waals surface area (Å²) in [5.41, 5.74) is 1.68. The molecule has 0 aliphatic carbocycles. The van der Waals surface area contributed by atoms with Crippen molar-refractivity contribution in [3.63, 3.8) is 0 Å². The molecule has 0 atom stereocenters. The molecule has 1 heterocycles. The molecular weight excluding hydrogens is 383 g/mol. The molecule has 0 aliphatic heterocycles. The van der Waals surface area contributed by atoms with E-state index in [9.17, 15) is 14.4 Å². The van der Waals surface area contributed by atoms with Crippen LogP contribution in [0.15, 0.2) is 48.7 Å². The van der Waals surface area contributed by atoms with E-state index in [1.54, 1.807) is 12.1 Å². The molecule has 1 N–H and O–H groups in total. The Morgan fingerprint density at radius 1 is 1.17 bits per heavy atom. The Kier molecular flexibility index (Phi) is 5.89. The number of hydrogen-bond donors (Lipinski definition) is 1. The summed E-state index contributed by atoms with van der Waals surface area (Å²) in [6, 6.07) is 15.6. The summed E-state index contributed by atoms with van der Waals surface area (Å²) in [4.78, 5) is 13.6. The van der Waals surface area contributed by atoms with Crippen molar-refractivity contribution >= 4 is 11.7 Å². The van der Waals surface area contributed by atoms with Crippen LogP contribution in [0.4, 0.5) is 10.2 Å². The quantitative estimate of drug-likeness (QED) is 0.680. The minimum Gasteiger partial charge on any atom is -0.308 e. The molecule has 1 amide bonds. The van der Waals surface area contributed by atoms with E-state index in [0.717, 1.165) is 11.1 Å². The van der Waals surface area contributed by atoms with Crippen molar-refractivity contribution in [2.75, 3.05) is 5.32 Å². The minimum absolute atomic E-state index is 0.0238. The lowest BCUT2D eigenvalue weighted by Gasteiger charge is -2.15. The summed E-state index contributed by atoms with van der Waals surface area (Å²) >= 11 is 0. The van der Waals surface area contributed by atoms with E-state index in [1.165, 1.54) is 23.1 Å². The molecule has 0 fully saturated rings. The zero-order valence-electron chi connectivity index (χ0n) is 16.6. The number of benzene rings is 2. The van der Waals surface area contributed by atoms with Gasteiger partial charge in [0.25, 0.3) is 0 Å². The van der Waals surface area contributed by atoms with Gasteiger partial charge >= 0.3 is 0 Å². The summed E-state index contributed by atoms with van der Waals surface area (Å²) in [7, 11) is 0.